The van der Waals surface area contributed by atoms with Gasteiger partial charge in [-0.15, -0.1) is 0 Å². The van der Waals surface area contributed by atoms with Crippen molar-refractivity contribution in [1.82, 2.24) is 0 Å². The molecule has 0 bridgehead atoms. The van der Waals surface area contributed by atoms with Crippen LogP contribution in [0.5, 0.6) is 0 Å². The van der Waals surface area contributed by atoms with Gasteiger partial charge in [0.25, 0.3) is 0 Å². The molecule has 2 aromatic carbocycles. The SMILES string of the molecule is Cc1ccc(-c2cc(N)ccc2F)c(F)c1F. The number of anilines is 1. The van der Waals surface area contributed by atoms with Gasteiger partial charge in [0.2, 0.25) is 0 Å². The number of nitrogens with two attached hydrogens (primary N) is 1. The summed E-state index contributed by atoms with van der Waals surface area (Å²) in [5, 5.41) is 0. The summed E-state index contributed by atoms with van der Waals surface area (Å²) in [6, 6.07) is 6.51. The quantitative estimate of drug-likeness (QED) is 0.752. The zero-order chi connectivity index (χ0) is 12.6. The van der Waals surface area contributed by atoms with Crippen LogP contribution in [-0.2, 0) is 0 Å². The first kappa shape index (κ1) is 11.5. The number of aryl methyl sites for hydroxylation is 1. The van der Waals surface area contributed by atoms with E-state index >= 15 is 0 Å². The standard InChI is InChI=1S/C13H10F3N/c1-7-2-4-9(13(16)12(7)15)10-6-8(17)3-5-11(10)14/h2-6H,17H2,1H3. The number of benzene rings is 2. The van der Waals surface area contributed by atoms with Gasteiger partial charge in [0, 0.05) is 16.8 Å². The molecule has 2 N–H and O–H groups in total. The van der Waals surface area contributed by atoms with E-state index in [1.165, 1.54) is 31.2 Å². The first-order valence-corrected chi connectivity index (χ1v) is 5.00. The van der Waals surface area contributed by atoms with Crippen molar-refractivity contribution in [3.8, 4) is 11.1 Å². The normalized spacial score (nSPS) is 10.6. The molecule has 1 nitrogen and oxygen atoms in total. The van der Waals surface area contributed by atoms with Crippen LogP contribution < -0.4 is 5.73 Å². The first-order valence-electron chi connectivity index (χ1n) is 5.00. The summed E-state index contributed by atoms with van der Waals surface area (Å²) >= 11 is 0. The van der Waals surface area contributed by atoms with Crippen molar-refractivity contribution < 1.29 is 13.2 Å². The lowest BCUT2D eigenvalue weighted by molar-refractivity contribution is 0.505. The second-order valence-electron chi connectivity index (χ2n) is 3.80. The summed E-state index contributed by atoms with van der Waals surface area (Å²) in [6.07, 6.45) is 0. The van der Waals surface area contributed by atoms with Gasteiger partial charge in [-0.2, -0.15) is 0 Å². The molecule has 0 aromatic heterocycles. The van der Waals surface area contributed by atoms with E-state index in [1.807, 2.05) is 0 Å². The Labute approximate surface area is 96.7 Å². The molecule has 0 saturated carbocycles. The summed E-state index contributed by atoms with van der Waals surface area (Å²) < 4.78 is 40.6. The van der Waals surface area contributed by atoms with Gasteiger partial charge in [0.05, 0.1) is 0 Å². The highest BCUT2D eigenvalue weighted by molar-refractivity contribution is 5.69. The van der Waals surface area contributed by atoms with Crippen LogP contribution in [0.3, 0.4) is 0 Å². The Kier molecular flexibility index (Phi) is 2.79. The van der Waals surface area contributed by atoms with Crippen LogP contribution >= 0.6 is 0 Å². The monoisotopic (exact) mass is 237 g/mol. The van der Waals surface area contributed by atoms with E-state index in [0.717, 1.165) is 6.07 Å². The van der Waals surface area contributed by atoms with Crippen LogP contribution in [0.15, 0.2) is 30.3 Å². The maximum absolute atomic E-state index is 13.7. The maximum Gasteiger partial charge on any atom is 0.167 e. The van der Waals surface area contributed by atoms with Crippen LogP contribution in [0.4, 0.5) is 18.9 Å². The molecule has 0 aliphatic heterocycles. The van der Waals surface area contributed by atoms with Gasteiger partial charge in [-0.1, -0.05) is 12.1 Å². The fourth-order valence-corrected chi connectivity index (χ4v) is 1.60. The van der Waals surface area contributed by atoms with Gasteiger partial charge in [0.1, 0.15) is 5.82 Å². The lowest BCUT2D eigenvalue weighted by Gasteiger charge is -2.08. The van der Waals surface area contributed by atoms with E-state index in [9.17, 15) is 13.2 Å². The molecular formula is C13H10F3N. The molecular weight excluding hydrogens is 227 g/mol. The van der Waals surface area contributed by atoms with E-state index < -0.39 is 17.5 Å². The van der Waals surface area contributed by atoms with Crippen LogP contribution in [0.25, 0.3) is 11.1 Å². The molecule has 0 atom stereocenters. The van der Waals surface area contributed by atoms with Crippen molar-refractivity contribution in [3.63, 3.8) is 0 Å². The summed E-state index contributed by atoms with van der Waals surface area (Å²) in [5.41, 5.74) is 5.80. The van der Waals surface area contributed by atoms with E-state index in [4.69, 9.17) is 5.73 Å². The molecule has 0 aliphatic rings. The average molecular weight is 237 g/mol. The second kappa shape index (κ2) is 4.13. The van der Waals surface area contributed by atoms with Crippen LogP contribution in [0.2, 0.25) is 0 Å². The molecule has 0 amide bonds. The minimum atomic E-state index is -1.06. The highest BCUT2D eigenvalue weighted by Gasteiger charge is 2.15. The highest BCUT2D eigenvalue weighted by atomic mass is 19.2. The molecule has 0 heterocycles. The minimum absolute atomic E-state index is 0.0404. The Balaban J connectivity index is 2.69. The summed E-state index contributed by atoms with van der Waals surface area (Å²) in [7, 11) is 0. The summed E-state index contributed by atoms with van der Waals surface area (Å²) in [4.78, 5) is 0. The number of halogens is 3. The molecule has 0 radical (unpaired) electrons. The summed E-state index contributed by atoms with van der Waals surface area (Å²) in [6.45, 7) is 1.44. The Morgan fingerprint density at radius 3 is 2.29 bits per heavy atom. The number of hydrogen-bond donors (Lipinski definition) is 1. The minimum Gasteiger partial charge on any atom is -0.399 e. The number of rotatable bonds is 1. The second-order valence-corrected chi connectivity index (χ2v) is 3.80. The Morgan fingerprint density at radius 2 is 1.59 bits per heavy atom. The predicted molar refractivity (Wildman–Crippen MR) is 60.9 cm³/mol. The highest BCUT2D eigenvalue weighted by Crippen LogP contribution is 2.29. The topological polar surface area (TPSA) is 26.0 Å². The average Bonchev–Trinajstić information content (AvgIpc) is 2.30. The lowest BCUT2D eigenvalue weighted by Crippen LogP contribution is -1.96. The molecule has 4 heteroatoms. The predicted octanol–water partition coefficient (Wildman–Crippen LogP) is 3.66. The fraction of sp³-hybridized carbons (Fsp3) is 0.0769. The molecule has 2 aromatic rings. The molecule has 0 unspecified atom stereocenters. The van der Waals surface area contributed by atoms with Gasteiger partial charge < -0.3 is 5.73 Å². The Morgan fingerprint density at radius 1 is 0.882 bits per heavy atom. The molecule has 88 valence electrons. The smallest absolute Gasteiger partial charge is 0.167 e. The third-order valence-corrected chi connectivity index (χ3v) is 2.56. The van der Waals surface area contributed by atoms with Crippen molar-refractivity contribution in [3.05, 3.63) is 53.3 Å². The molecule has 0 fully saturated rings. The molecule has 0 aliphatic carbocycles. The largest absolute Gasteiger partial charge is 0.399 e. The van der Waals surface area contributed by atoms with Crippen molar-refractivity contribution in [2.24, 2.45) is 0 Å². The first-order chi connectivity index (χ1) is 8.00. The van der Waals surface area contributed by atoms with Gasteiger partial charge in [0.15, 0.2) is 11.6 Å². The van der Waals surface area contributed by atoms with Crippen molar-refractivity contribution in [1.29, 1.82) is 0 Å². The van der Waals surface area contributed by atoms with Crippen molar-refractivity contribution >= 4 is 5.69 Å². The van der Waals surface area contributed by atoms with Gasteiger partial charge in [-0.25, -0.2) is 13.2 Å². The fourth-order valence-electron chi connectivity index (χ4n) is 1.60. The van der Waals surface area contributed by atoms with Gasteiger partial charge >= 0.3 is 0 Å². The van der Waals surface area contributed by atoms with E-state index in [1.54, 1.807) is 0 Å². The maximum atomic E-state index is 13.7. The molecule has 2 rings (SSSR count). The third kappa shape index (κ3) is 1.98. The third-order valence-electron chi connectivity index (χ3n) is 2.56. The zero-order valence-electron chi connectivity index (χ0n) is 9.10. The van der Waals surface area contributed by atoms with Crippen LogP contribution in [0.1, 0.15) is 5.56 Å². The zero-order valence-corrected chi connectivity index (χ0v) is 9.10. The van der Waals surface area contributed by atoms with Crippen LogP contribution in [-0.4, -0.2) is 0 Å². The Bertz CT molecular complexity index is 579. The van der Waals surface area contributed by atoms with Crippen molar-refractivity contribution in [2.75, 3.05) is 5.73 Å². The van der Waals surface area contributed by atoms with Crippen molar-refractivity contribution in [2.45, 2.75) is 6.92 Å². The molecule has 17 heavy (non-hydrogen) atoms. The van der Waals surface area contributed by atoms with Gasteiger partial charge in [-0.05, 0) is 30.7 Å². The number of hydrogen-bond acceptors (Lipinski definition) is 1. The number of nitrogen functional groups attached to an aromatic ring is 1. The molecule has 0 spiro atoms. The lowest BCUT2D eigenvalue weighted by atomic mass is 10.0. The van der Waals surface area contributed by atoms with Gasteiger partial charge in [-0.3, -0.25) is 0 Å². The van der Waals surface area contributed by atoms with E-state index in [2.05, 4.69) is 0 Å². The Hall–Kier alpha value is -1.97. The summed E-state index contributed by atoms with van der Waals surface area (Å²) in [5.74, 6) is -2.67. The van der Waals surface area contributed by atoms with E-state index in [0.29, 0.717) is 5.69 Å². The van der Waals surface area contributed by atoms with Crippen LogP contribution in [0, 0.1) is 24.4 Å². The van der Waals surface area contributed by atoms with E-state index in [-0.39, 0.29) is 16.7 Å². The molecule has 0 saturated heterocycles.